The number of hydrogen-bond acceptors (Lipinski definition) is 3. The van der Waals surface area contributed by atoms with Crippen LogP contribution in [0.5, 0.6) is 0 Å². The molecule has 5 heteroatoms. The molecule has 3 aromatic carbocycles. The fourth-order valence-corrected chi connectivity index (χ4v) is 9.45. The molecule has 0 bridgehead atoms. The molecule has 1 amide bonds. The molecule has 3 rings (SSSR count). The molecule has 0 aliphatic heterocycles. The van der Waals surface area contributed by atoms with E-state index >= 15 is 0 Å². The van der Waals surface area contributed by atoms with Gasteiger partial charge in [0.05, 0.1) is 12.6 Å². The van der Waals surface area contributed by atoms with Gasteiger partial charge in [0.25, 0.3) is 8.32 Å². The molecular weight excluding hydrogens is 486 g/mol. The van der Waals surface area contributed by atoms with Crippen molar-refractivity contribution in [2.45, 2.75) is 71.6 Å². The molecule has 0 saturated heterocycles. The first-order valence-corrected chi connectivity index (χ1v) is 15.3. The molecular formula is C33H43NO3Si. The number of ether oxygens (including phenoxy) is 1. The van der Waals surface area contributed by atoms with Gasteiger partial charge in [-0.05, 0) is 55.1 Å². The van der Waals surface area contributed by atoms with Crippen LogP contribution in [0.3, 0.4) is 0 Å². The van der Waals surface area contributed by atoms with Crippen molar-refractivity contribution in [2.75, 3.05) is 6.61 Å². The highest BCUT2D eigenvalue weighted by atomic mass is 28.4. The normalized spacial score (nSPS) is 13.6. The van der Waals surface area contributed by atoms with Gasteiger partial charge in [-0.2, -0.15) is 0 Å². The van der Waals surface area contributed by atoms with E-state index in [9.17, 15) is 4.79 Å². The maximum absolute atomic E-state index is 12.7. The van der Waals surface area contributed by atoms with E-state index in [0.717, 1.165) is 11.1 Å². The summed E-state index contributed by atoms with van der Waals surface area (Å²) in [4.78, 5) is 12.7. The molecule has 0 aromatic heterocycles. The summed E-state index contributed by atoms with van der Waals surface area (Å²) in [5, 5.41) is 5.46. The molecule has 0 fully saturated rings. The average molecular weight is 530 g/mol. The van der Waals surface area contributed by atoms with Crippen LogP contribution in [0.2, 0.25) is 5.04 Å². The Morgan fingerprint density at radius 1 is 0.816 bits per heavy atom. The highest BCUT2D eigenvalue weighted by Gasteiger charge is 2.50. The largest absolute Gasteiger partial charge is 0.444 e. The van der Waals surface area contributed by atoms with Gasteiger partial charge in [0.2, 0.25) is 0 Å². The fourth-order valence-electron chi connectivity index (χ4n) is 4.85. The summed E-state index contributed by atoms with van der Waals surface area (Å²) in [7, 11) is -2.65. The van der Waals surface area contributed by atoms with Crippen LogP contribution in [0, 0.1) is 0 Å². The molecule has 202 valence electrons. The highest BCUT2D eigenvalue weighted by molar-refractivity contribution is 6.99. The Morgan fingerprint density at radius 3 is 1.74 bits per heavy atom. The van der Waals surface area contributed by atoms with Crippen molar-refractivity contribution in [3.63, 3.8) is 0 Å². The lowest BCUT2D eigenvalue weighted by Gasteiger charge is -2.43. The molecule has 0 aliphatic rings. The quantitative estimate of drug-likeness (QED) is 0.249. The molecule has 0 radical (unpaired) electrons. The van der Waals surface area contributed by atoms with Gasteiger partial charge in [-0.25, -0.2) is 4.79 Å². The van der Waals surface area contributed by atoms with Gasteiger partial charge >= 0.3 is 6.09 Å². The highest BCUT2D eigenvalue weighted by Crippen LogP contribution is 2.37. The fraction of sp³-hybridized carbons (Fsp3) is 0.364. The SMILES string of the molecule is C/C(=C/[C@H](Cc1ccccc1)NC(=O)OC(C)(C)C)CO[Si](c1ccccc1)(c1ccccc1)C(C)(C)C. The second-order valence-electron chi connectivity index (χ2n) is 11.9. The number of nitrogens with one attached hydrogen (secondary N) is 1. The van der Waals surface area contributed by atoms with E-state index in [1.54, 1.807) is 0 Å². The van der Waals surface area contributed by atoms with Gasteiger partial charge in [-0.1, -0.05) is 123 Å². The Morgan fingerprint density at radius 2 is 1.29 bits per heavy atom. The van der Waals surface area contributed by atoms with E-state index in [1.165, 1.54) is 10.4 Å². The van der Waals surface area contributed by atoms with Crippen LogP contribution in [0.4, 0.5) is 4.79 Å². The molecule has 0 unspecified atom stereocenters. The zero-order chi connectivity index (χ0) is 27.8. The maximum atomic E-state index is 12.7. The lowest BCUT2D eigenvalue weighted by atomic mass is 10.0. The van der Waals surface area contributed by atoms with Gasteiger partial charge in [-0.3, -0.25) is 0 Å². The Hall–Kier alpha value is -3.15. The topological polar surface area (TPSA) is 47.6 Å². The van der Waals surface area contributed by atoms with Crippen LogP contribution in [-0.4, -0.2) is 32.7 Å². The standard InChI is InChI=1S/C33H43NO3Si/c1-26(23-28(24-27-17-11-8-12-18-27)34-31(35)37-32(2,3)4)25-36-38(33(5,6)7,29-19-13-9-14-20-29)30-21-15-10-16-22-30/h8-23,28H,24-25H2,1-7H3,(H,34,35)/b26-23-/t28-/m1/s1. The van der Waals surface area contributed by atoms with E-state index in [4.69, 9.17) is 9.16 Å². The van der Waals surface area contributed by atoms with Crippen LogP contribution in [-0.2, 0) is 15.6 Å². The van der Waals surface area contributed by atoms with E-state index in [1.807, 2.05) is 39.0 Å². The van der Waals surface area contributed by atoms with Crippen molar-refractivity contribution in [3.8, 4) is 0 Å². The van der Waals surface area contributed by atoms with Crippen molar-refractivity contribution in [1.82, 2.24) is 5.32 Å². The van der Waals surface area contributed by atoms with Gasteiger partial charge in [0, 0.05) is 0 Å². The van der Waals surface area contributed by atoms with E-state index in [2.05, 4.69) is 112 Å². The molecule has 3 aromatic rings. The molecule has 0 aliphatic carbocycles. The zero-order valence-corrected chi connectivity index (χ0v) is 25.0. The van der Waals surface area contributed by atoms with Crippen LogP contribution in [0.1, 0.15) is 54.0 Å². The smallest absolute Gasteiger partial charge is 0.408 e. The third-order valence-electron chi connectivity index (χ3n) is 6.42. The monoisotopic (exact) mass is 529 g/mol. The minimum absolute atomic E-state index is 0.103. The third-order valence-corrected chi connectivity index (χ3v) is 11.4. The summed E-state index contributed by atoms with van der Waals surface area (Å²) in [5.74, 6) is 0. The van der Waals surface area contributed by atoms with Gasteiger partial charge < -0.3 is 14.5 Å². The second kappa shape index (κ2) is 12.6. The summed E-state index contributed by atoms with van der Waals surface area (Å²) in [5.41, 5.74) is 1.65. The van der Waals surface area contributed by atoms with Crippen molar-refractivity contribution in [2.24, 2.45) is 0 Å². The van der Waals surface area contributed by atoms with Gasteiger partial charge in [0.1, 0.15) is 5.60 Å². The first kappa shape index (κ1) is 29.4. The average Bonchev–Trinajstić information content (AvgIpc) is 2.84. The molecule has 1 N–H and O–H groups in total. The first-order valence-electron chi connectivity index (χ1n) is 13.4. The van der Waals surface area contributed by atoms with Crippen LogP contribution in [0.15, 0.2) is 103 Å². The Bertz CT molecular complexity index is 1140. The van der Waals surface area contributed by atoms with Crippen LogP contribution in [0.25, 0.3) is 0 Å². The number of amides is 1. The Kier molecular flexibility index (Phi) is 9.75. The number of benzene rings is 3. The summed E-state index contributed by atoms with van der Waals surface area (Å²) in [6.45, 7) is 15.0. The minimum Gasteiger partial charge on any atom is -0.444 e. The zero-order valence-electron chi connectivity index (χ0n) is 24.0. The summed E-state index contributed by atoms with van der Waals surface area (Å²) in [6, 6.07) is 31.2. The molecule has 0 saturated carbocycles. The third kappa shape index (κ3) is 7.92. The molecule has 1 atom stereocenters. The predicted octanol–water partition coefficient (Wildman–Crippen LogP) is 6.65. The van der Waals surface area contributed by atoms with E-state index < -0.39 is 20.0 Å². The lowest BCUT2D eigenvalue weighted by Crippen LogP contribution is -2.66. The number of carbonyl (C=O) groups is 1. The molecule has 4 nitrogen and oxygen atoms in total. The first-order chi connectivity index (χ1) is 17.9. The number of carbonyl (C=O) groups excluding carboxylic acids is 1. The maximum Gasteiger partial charge on any atom is 0.408 e. The van der Waals surface area contributed by atoms with Crippen LogP contribution >= 0.6 is 0 Å². The predicted molar refractivity (Wildman–Crippen MR) is 161 cm³/mol. The van der Waals surface area contributed by atoms with Crippen LogP contribution < -0.4 is 15.7 Å². The summed E-state index contributed by atoms with van der Waals surface area (Å²) < 4.78 is 12.6. The molecule has 0 spiro atoms. The summed E-state index contributed by atoms with van der Waals surface area (Å²) >= 11 is 0. The Labute approximate surface area is 230 Å². The van der Waals surface area contributed by atoms with Gasteiger partial charge in [0.15, 0.2) is 0 Å². The van der Waals surface area contributed by atoms with Crippen molar-refractivity contribution in [1.29, 1.82) is 0 Å². The van der Waals surface area contributed by atoms with E-state index in [-0.39, 0.29) is 11.1 Å². The molecule has 0 heterocycles. The number of rotatable bonds is 9. The number of alkyl carbamates (subject to hydrolysis) is 1. The van der Waals surface area contributed by atoms with Gasteiger partial charge in [-0.15, -0.1) is 0 Å². The summed E-state index contributed by atoms with van der Waals surface area (Å²) in [6.07, 6.45) is 2.35. The Balaban J connectivity index is 1.92. The minimum atomic E-state index is -2.65. The molecule has 38 heavy (non-hydrogen) atoms. The second-order valence-corrected chi connectivity index (χ2v) is 16.2. The van der Waals surface area contributed by atoms with Crippen molar-refractivity contribution < 1.29 is 14.0 Å². The number of hydrogen-bond donors (Lipinski definition) is 1. The lowest BCUT2D eigenvalue weighted by molar-refractivity contribution is 0.0514. The van der Waals surface area contributed by atoms with E-state index in [0.29, 0.717) is 13.0 Å². The van der Waals surface area contributed by atoms with Crippen molar-refractivity contribution >= 4 is 24.8 Å². The van der Waals surface area contributed by atoms with Crippen molar-refractivity contribution in [3.05, 3.63) is 108 Å².